The Morgan fingerprint density at radius 3 is 2.86 bits per heavy atom. The number of hydrogen-bond acceptors (Lipinski definition) is 5. The Balaban J connectivity index is 1.26. The zero-order valence-electron chi connectivity index (χ0n) is 16.5. The second-order valence-electron chi connectivity index (χ2n) is 8.57. The number of hydrogen-bond donors (Lipinski definition) is 1. The Bertz CT molecular complexity index is 1120. The molecule has 0 radical (unpaired) electrons. The number of carbonyl (C=O) groups is 1. The van der Waals surface area contributed by atoms with Crippen molar-refractivity contribution in [3.63, 3.8) is 0 Å². The van der Waals surface area contributed by atoms with Crippen molar-refractivity contribution in [2.75, 3.05) is 13.1 Å². The zero-order valence-corrected chi connectivity index (χ0v) is 17.3. The normalized spacial score (nSPS) is 24.3. The molecule has 1 saturated carbocycles. The molecule has 29 heavy (non-hydrogen) atoms. The molecule has 2 aromatic heterocycles. The van der Waals surface area contributed by atoms with Crippen LogP contribution < -0.4 is 5.32 Å². The molecule has 2 aliphatic heterocycles. The predicted octanol–water partition coefficient (Wildman–Crippen LogP) is 3.98. The number of rotatable bonds is 3. The summed E-state index contributed by atoms with van der Waals surface area (Å²) in [4.78, 5) is 25.5. The maximum absolute atomic E-state index is 12.9. The molecule has 6 heteroatoms. The number of carbonyl (C=O) groups excluding carboxylic acids is 1. The molecule has 0 bridgehead atoms. The van der Waals surface area contributed by atoms with Crippen molar-refractivity contribution in [1.82, 2.24) is 20.2 Å². The molecule has 2 unspecified atom stereocenters. The molecule has 4 heterocycles. The number of fused-ring (bicyclic) bond motifs is 2. The van der Waals surface area contributed by atoms with Crippen LogP contribution in [0.5, 0.6) is 0 Å². The summed E-state index contributed by atoms with van der Waals surface area (Å²) in [5.41, 5.74) is 4.67. The van der Waals surface area contributed by atoms with Crippen molar-refractivity contribution in [2.24, 2.45) is 0 Å². The Labute approximate surface area is 174 Å². The standard InChI is InChI=1S/C23H24N4OS/c1-13-25-21(18-6-9-29-22(18)26-13)20-11-19(20)14-2-3-17-15(10-14)12-27(23(17)28)16-4-7-24-8-5-16/h2-3,6,9-10,16,19-20,24H,4-5,7-8,11-12H2,1H3. The van der Waals surface area contributed by atoms with Gasteiger partial charge in [0.1, 0.15) is 10.7 Å². The first-order valence-corrected chi connectivity index (χ1v) is 11.4. The fourth-order valence-electron chi connectivity index (χ4n) is 5.14. The lowest BCUT2D eigenvalue weighted by Crippen LogP contribution is -2.43. The maximum atomic E-state index is 12.9. The van der Waals surface area contributed by atoms with E-state index in [0.29, 0.717) is 17.9 Å². The summed E-state index contributed by atoms with van der Waals surface area (Å²) in [6.07, 6.45) is 3.24. The average molecular weight is 405 g/mol. The van der Waals surface area contributed by atoms with Crippen LogP contribution in [0.3, 0.4) is 0 Å². The lowest BCUT2D eigenvalue weighted by Gasteiger charge is -2.31. The van der Waals surface area contributed by atoms with E-state index in [9.17, 15) is 4.79 Å². The topological polar surface area (TPSA) is 58.1 Å². The van der Waals surface area contributed by atoms with Gasteiger partial charge in [-0.1, -0.05) is 12.1 Å². The van der Waals surface area contributed by atoms with Crippen molar-refractivity contribution < 1.29 is 4.79 Å². The number of aromatic nitrogens is 2. The van der Waals surface area contributed by atoms with E-state index in [2.05, 4.69) is 44.8 Å². The summed E-state index contributed by atoms with van der Waals surface area (Å²) < 4.78 is 0. The van der Waals surface area contributed by atoms with Gasteiger partial charge in [0.15, 0.2) is 0 Å². The first-order chi connectivity index (χ1) is 14.2. The quantitative estimate of drug-likeness (QED) is 0.717. The van der Waals surface area contributed by atoms with E-state index in [1.165, 1.54) is 22.2 Å². The molecule has 6 rings (SSSR count). The number of nitrogens with one attached hydrogen (secondary N) is 1. The second kappa shape index (κ2) is 6.61. The summed E-state index contributed by atoms with van der Waals surface area (Å²) in [6.45, 7) is 4.77. The molecule has 2 atom stereocenters. The molecule has 2 fully saturated rings. The molecule has 5 nitrogen and oxygen atoms in total. The molecule has 1 saturated heterocycles. The molecular formula is C23H24N4OS. The first kappa shape index (κ1) is 17.5. The summed E-state index contributed by atoms with van der Waals surface area (Å²) >= 11 is 1.69. The maximum Gasteiger partial charge on any atom is 0.254 e. The molecule has 3 aliphatic rings. The Hall–Kier alpha value is -2.31. The Morgan fingerprint density at radius 2 is 2.00 bits per heavy atom. The van der Waals surface area contributed by atoms with Gasteiger partial charge >= 0.3 is 0 Å². The smallest absolute Gasteiger partial charge is 0.254 e. The molecule has 148 valence electrons. The van der Waals surface area contributed by atoms with Gasteiger partial charge in [-0.25, -0.2) is 9.97 Å². The van der Waals surface area contributed by atoms with Gasteiger partial charge in [-0.2, -0.15) is 0 Å². The summed E-state index contributed by atoms with van der Waals surface area (Å²) in [5.74, 6) is 2.04. The minimum Gasteiger partial charge on any atom is -0.331 e. The van der Waals surface area contributed by atoms with Gasteiger partial charge in [0.05, 0.1) is 5.69 Å². The van der Waals surface area contributed by atoms with E-state index in [4.69, 9.17) is 4.98 Å². The summed E-state index contributed by atoms with van der Waals surface area (Å²) in [7, 11) is 0. The highest BCUT2D eigenvalue weighted by Gasteiger charge is 2.43. The average Bonchev–Trinajstić information content (AvgIpc) is 3.28. The van der Waals surface area contributed by atoms with E-state index in [-0.39, 0.29) is 5.91 Å². The van der Waals surface area contributed by atoms with Crippen LogP contribution in [0.1, 0.15) is 64.1 Å². The van der Waals surface area contributed by atoms with Crippen molar-refractivity contribution in [2.45, 2.75) is 50.6 Å². The number of thiophene rings is 1. The van der Waals surface area contributed by atoms with Crippen LogP contribution in [0.15, 0.2) is 29.6 Å². The van der Waals surface area contributed by atoms with E-state index in [0.717, 1.165) is 55.1 Å². The fraction of sp³-hybridized carbons (Fsp3) is 0.435. The third kappa shape index (κ3) is 2.89. The number of benzene rings is 1. The minimum atomic E-state index is 0.220. The first-order valence-electron chi connectivity index (χ1n) is 10.6. The van der Waals surface area contributed by atoms with Crippen LogP contribution in [-0.2, 0) is 6.54 Å². The molecule has 3 aromatic rings. The van der Waals surface area contributed by atoms with Gasteiger partial charge in [0, 0.05) is 29.5 Å². The van der Waals surface area contributed by atoms with E-state index < -0.39 is 0 Å². The highest BCUT2D eigenvalue weighted by atomic mass is 32.1. The molecule has 1 N–H and O–H groups in total. The fourth-order valence-corrected chi connectivity index (χ4v) is 5.96. The van der Waals surface area contributed by atoms with Gasteiger partial charge in [-0.3, -0.25) is 4.79 Å². The lowest BCUT2D eigenvalue weighted by atomic mass is 10.0. The van der Waals surface area contributed by atoms with E-state index in [1.807, 2.05) is 6.92 Å². The van der Waals surface area contributed by atoms with Gasteiger partial charge < -0.3 is 10.2 Å². The third-order valence-electron chi connectivity index (χ3n) is 6.75. The van der Waals surface area contributed by atoms with Crippen LogP contribution in [0.2, 0.25) is 0 Å². The van der Waals surface area contributed by atoms with Crippen LogP contribution >= 0.6 is 11.3 Å². The van der Waals surface area contributed by atoms with Gasteiger partial charge in [0.25, 0.3) is 5.91 Å². The minimum absolute atomic E-state index is 0.220. The molecule has 1 aliphatic carbocycles. The molecule has 1 amide bonds. The van der Waals surface area contributed by atoms with Crippen molar-refractivity contribution in [3.8, 4) is 0 Å². The van der Waals surface area contributed by atoms with Crippen LogP contribution in [0.25, 0.3) is 10.2 Å². The highest BCUT2D eigenvalue weighted by Crippen LogP contribution is 2.56. The van der Waals surface area contributed by atoms with E-state index in [1.54, 1.807) is 11.3 Å². The SMILES string of the molecule is Cc1nc(C2CC2c2ccc3c(c2)CN(C2CCNCC2)C3=O)c2ccsc2n1. The molecular weight excluding hydrogens is 380 g/mol. The van der Waals surface area contributed by atoms with Crippen LogP contribution in [0, 0.1) is 6.92 Å². The van der Waals surface area contributed by atoms with Crippen molar-refractivity contribution in [3.05, 3.63) is 57.9 Å². The summed E-state index contributed by atoms with van der Waals surface area (Å²) in [5, 5.41) is 6.71. The Morgan fingerprint density at radius 1 is 1.14 bits per heavy atom. The zero-order chi connectivity index (χ0) is 19.5. The predicted molar refractivity (Wildman–Crippen MR) is 114 cm³/mol. The largest absolute Gasteiger partial charge is 0.331 e. The second-order valence-corrected chi connectivity index (χ2v) is 9.47. The molecule has 0 spiro atoms. The summed E-state index contributed by atoms with van der Waals surface area (Å²) in [6, 6.07) is 9.06. The number of aryl methyl sites for hydroxylation is 1. The van der Waals surface area contributed by atoms with E-state index >= 15 is 0 Å². The van der Waals surface area contributed by atoms with Crippen molar-refractivity contribution >= 4 is 27.5 Å². The van der Waals surface area contributed by atoms with Gasteiger partial charge in [-0.05, 0) is 73.8 Å². The van der Waals surface area contributed by atoms with Crippen LogP contribution in [0.4, 0.5) is 0 Å². The van der Waals surface area contributed by atoms with Crippen LogP contribution in [-0.4, -0.2) is 39.9 Å². The number of amides is 1. The van der Waals surface area contributed by atoms with Gasteiger partial charge in [0.2, 0.25) is 0 Å². The lowest BCUT2D eigenvalue weighted by molar-refractivity contribution is 0.0668. The third-order valence-corrected chi connectivity index (χ3v) is 7.55. The monoisotopic (exact) mass is 404 g/mol. The van der Waals surface area contributed by atoms with Gasteiger partial charge in [-0.15, -0.1) is 11.3 Å². The van der Waals surface area contributed by atoms with Crippen molar-refractivity contribution in [1.29, 1.82) is 0 Å². The highest BCUT2D eigenvalue weighted by molar-refractivity contribution is 7.16. The Kier molecular flexibility index (Phi) is 4.00. The number of piperidine rings is 1. The molecule has 1 aromatic carbocycles. The number of nitrogens with zero attached hydrogens (tertiary/aromatic N) is 3.